The minimum atomic E-state index is -0.539. The lowest BCUT2D eigenvalue weighted by molar-refractivity contribution is -0.139. The van der Waals surface area contributed by atoms with Crippen molar-refractivity contribution in [1.82, 2.24) is 0 Å². The van der Waals surface area contributed by atoms with Crippen molar-refractivity contribution in [2.24, 2.45) is 0 Å². The van der Waals surface area contributed by atoms with Crippen LogP contribution < -0.4 is 14.2 Å². The van der Waals surface area contributed by atoms with Gasteiger partial charge in [0.1, 0.15) is 36.3 Å². The third kappa shape index (κ3) is 6.60. The summed E-state index contributed by atoms with van der Waals surface area (Å²) >= 11 is 0. The highest BCUT2D eigenvalue weighted by Gasteiger charge is 2.14. The predicted molar refractivity (Wildman–Crippen MR) is 136 cm³/mol. The van der Waals surface area contributed by atoms with Gasteiger partial charge in [-0.05, 0) is 55.3 Å². The molecule has 0 unspecified atom stereocenters. The molecule has 0 heterocycles. The van der Waals surface area contributed by atoms with Crippen LogP contribution in [0, 0.1) is 5.82 Å². The maximum absolute atomic E-state index is 15.1. The second-order valence-corrected chi connectivity index (χ2v) is 8.02. The molecule has 0 spiro atoms. The summed E-state index contributed by atoms with van der Waals surface area (Å²) in [7, 11) is 1.49. The molecule has 3 rings (SSSR count). The average molecular weight is 491 g/mol. The summed E-state index contributed by atoms with van der Waals surface area (Å²) in [6, 6.07) is 16.7. The Morgan fingerprint density at radius 2 is 1.39 bits per heavy atom. The standard InChI is InChI=1S/C29H27FO6/c1-18(2)28(31)35-15-14-34-22-9-6-20(7-10-22)24-12-8-21(16-26(24)30)25-13-11-23(17-27(25)33-5)36-29(32)19(3)4/h6-13,16-17H,1,3,14-15H2,2,4-5H3. The maximum Gasteiger partial charge on any atom is 0.338 e. The molecule has 0 saturated heterocycles. The van der Waals surface area contributed by atoms with Crippen molar-refractivity contribution in [2.45, 2.75) is 13.8 Å². The molecule has 0 amide bonds. The molecular weight excluding hydrogens is 463 g/mol. The van der Waals surface area contributed by atoms with E-state index in [2.05, 4.69) is 13.2 Å². The third-order valence-electron chi connectivity index (χ3n) is 5.11. The van der Waals surface area contributed by atoms with Crippen LogP contribution in [0.3, 0.4) is 0 Å². The van der Waals surface area contributed by atoms with Gasteiger partial charge in [0.15, 0.2) is 0 Å². The summed E-state index contributed by atoms with van der Waals surface area (Å²) in [4.78, 5) is 23.1. The molecule has 0 aliphatic heterocycles. The monoisotopic (exact) mass is 490 g/mol. The van der Waals surface area contributed by atoms with Gasteiger partial charge in [0.2, 0.25) is 0 Å². The number of rotatable bonds is 10. The molecule has 0 bridgehead atoms. The molecule has 0 atom stereocenters. The Labute approximate surface area is 209 Å². The largest absolute Gasteiger partial charge is 0.496 e. The number of hydrogen-bond donors (Lipinski definition) is 0. The smallest absolute Gasteiger partial charge is 0.338 e. The predicted octanol–water partition coefficient (Wildman–Crippen LogP) is 6.15. The van der Waals surface area contributed by atoms with Crippen LogP contribution in [0.2, 0.25) is 0 Å². The number of halogens is 1. The van der Waals surface area contributed by atoms with Crippen molar-refractivity contribution in [1.29, 1.82) is 0 Å². The Kier molecular flexibility index (Phi) is 8.62. The van der Waals surface area contributed by atoms with Gasteiger partial charge in [-0.25, -0.2) is 14.0 Å². The molecule has 186 valence electrons. The van der Waals surface area contributed by atoms with Crippen LogP contribution in [0.1, 0.15) is 13.8 Å². The summed E-state index contributed by atoms with van der Waals surface area (Å²) in [5, 5.41) is 0. The SMILES string of the molecule is C=C(C)C(=O)OCCOc1ccc(-c2ccc(-c3ccc(OC(=O)C(=C)C)cc3OC)cc2F)cc1. The molecule has 0 saturated carbocycles. The van der Waals surface area contributed by atoms with Gasteiger partial charge in [0, 0.05) is 28.3 Å². The average Bonchev–Trinajstić information content (AvgIpc) is 2.86. The summed E-state index contributed by atoms with van der Waals surface area (Å²) in [6.45, 7) is 10.5. The molecule has 0 fully saturated rings. The summed E-state index contributed by atoms with van der Waals surface area (Å²) in [6.07, 6.45) is 0. The quantitative estimate of drug-likeness (QED) is 0.147. The van der Waals surface area contributed by atoms with Crippen LogP contribution in [0.25, 0.3) is 22.3 Å². The number of hydrogen-bond acceptors (Lipinski definition) is 6. The Balaban J connectivity index is 1.71. The molecule has 7 heteroatoms. The number of ether oxygens (including phenoxy) is 4. The van der Waals surface area contributed by atoms with Gasteiger partial charge in [0.05, 0.1) is 7.11 Å². The first-order chi connectivity index (χ1) is 17.2. The molecular formula is C29H27FO6. The molecule has 3 aromatic rings. The van der Waals surface area contributed by atoms with Gasteiger partial charge < -0.3 is 18.9 Å². The molecule has 0 radical (unpaired) electrons. The maximum atomic E-state index is 15.1. The van der Waals surface area contributed by atoms with Crippen LogP contribution in [0.4, 0.5) is 4.39 Å². The van der Waals surface area contributed by atoms with Crippen molar-refractivity contribution in [2.75, 3.05) is 20.3 Å². The third-order valence-corrected chi connectivity index (χ3v) is 5.11. The van der Waals surface area contributed by atoms with Crippen molar-refractivity contribution in [3.63, 3.8) is 0 Å². The van der Waals surface area contributed by atoms with Crippen LogP contribution in [-0.4, -0.2) is 32.3 Å². The van der Waals surface area contributed by atoms with E-state index < -0.39 is 17.8 Å². The van der Waals surface area contributed by atoms with Gasteiger partial charge in [-0.1, -0.05) is 37.4 Å². The first kappa shape index (κ1) is 26.2. The fourth-order valence-electron chi connectivity index (χ4n) is 3.23. The molecule has 0 aromatic heterocycles. The number of carbonyl (C=O) groups is 2. The van der Waals surface area contributed by atoms with E-state index in [4.69, 9.17) is 18.9 Å². The Morgan fingerprint density at radius 3 is 2.00 bits per heavy atom. The summed E-state index contributed by atoms with van der Waals surface area (Å²) < 4.78 is 36.3. The first-order valence-corrected chi connectivity index (χ1v) is 11.1. The Morgan fingerprint density at radius 1 is 0.778 bits per heavy atom. The van der Waals surface area contributed by atoms with E-state index in [1.165, 1.54) is 13.2 Å². The molecule has 0 N–H and O–H groups in total. The van der Waals surface area contributed by atoms with Crippen molar-refractivity contribution >= 4 is 11.9 Å². The van der Waals surface area contributed by atoms with E-state index in [1.807, 2.05) is 0 Å². The topological polar surface area (TPSA) is 71.1 Å². The Bertz CT molecular complexity index is 1290. The van der Waals surface area contributed by atoms with Gasteiger partial charge >= 0.3 is 11.9 Å². The molecule has 36 heavy (non-hydrogen) atoms. The second-order valence-electron chi connectivity index (χ2n) is 8.02. The highest BCUT2D eigenvalue weighted by atomic mass is 19.1. The van der Waals surface area contributed by atoms with Gasteiger partial charge in [0.25, 0.3) is 0 Å². The summed E-state index contributed by atoms with van der Waals surface area (Å²) in [5.74, 6) is -0.107. The van der Waals surface area contributed by atoms with Crippen LogP contribution >= 0.6 is 0 Å². The highest BCUT2D eigenvalue weighted by molar-refractivity contribution is 5.89. The molecule has 6 nitrogen and oxygen atoms in total. The van der Waals surface area contributed by atoms with Crippen LogP contribution in [0.5, 0.6) is 17.2 Å². The highest BCUT2D eigenvalue weighted by Crippen LogP contribution is 2.36. The molecule has 3 aromatic carbocycles. The van der Waals surface area contributed by atoms with E-state index in [1.54, 1.807) is 68.4 Å². The van der Waals surface area contributed by atoms with Gasteiger partial charge in [-0.15, -0.1) is 0 Å². The lowest BCUT2D eigenvalue weighted by Crippen LogP contribution is -2.12. The molecule has 0 aliphatic carbocycles. The molecule has 0 aliphatic rings. The zero-order chi connectivity index (χ0) is 26.2. The minimum absolute atomic E-state index is 0.101. The number of benzene rings is 3. The summed E-state index contributed by atoms with van der Waals surface area (Å²) in [5.41, 5.74) is 2.96. The van der Waals surface area contributed by atoms with Crippen molar-refractivity contribution in [3.8, 4) is 39.5 Å². The van der Waals surface area contributed by atoms with E-state index in [0.29, 0.717) is 45.1 Å². The zero-order valence-electron chi connectivity index (χ0n) is 20.4. The van der Waals surface area contributed by atoms with Crippen molar-refractivity contribution < 1.29 is 32.9 Å². The van der Waals surface area contributed by atoms with E-state index >= 15 is 4.39 Å². The minimum Gasteiger partial charge on any atom is -0.496 e. The van der Waals surface area contributed by atoms with Gasteiger partial charge in [-0.3, -0.25) is 0 Å². The number of esters is 2. The normalized spacial score (nSPS) is 10.3. The van der Waals surface area contributed by atoms with E-state index in [-0.39, 0.29) is 18.8 Å². The van der Waals surface area contributed by atoms with Crippen molar-refractivity contribution in [3.05, 3.63) is 90.8 Å². The van der Waals surface area contributed by atoms with E-state index in [9.17, 15) is 9.59 Å². The second kappa shape index (κ2) is 11.8. The first-order valence-electron chi connectivity index (χ1n) is 11.1. The number of carbonyl (C=O) groups excluding carboxylic acids is 2. The lowest BCUT2D eigenvalue weighted by atomic mass is 9.99. The van der Waals surface area contributed by atoms with Gasteiger partial charge in [-0.2, -0.15) is 0 Å². The fraction of sp³-hybridized carbons (Fsp3) is 0.172. The van der Waals surface area contributed by atoms with Crippen LogP contribution in [-0.2, 0) is 14.3 Å². The lowest BCUT2D eigenvalue weighted by Gasteiger charge is -2.13. The fourth-order valence-corrected chi connectivity index (χ4v) is 3.23. The Hall–Kier alpha value is -4.39. The zero-order valence-corrected chi connectivity index (χ0v) is 20.4. The number of methoxy groups -OCH3 is 1. The van der Waals surface area contributed by atoms with Crippen LogP contribution in [0.15, 0.2) is 85.0 Å². The van der Waals surface area contributed by atoms with E-state index in [0.717, 1.165) is 0 Å².